The van der Waals surface area contributed by atoms with Crippen LogP contribution in [-0.4, -0.2) is 137 Å². The van der Waals surface area contributed by atoms with Gasteiger partial charge in [0.1, 0.15) is 18.3 Å². The Morgan fingerprint density at radius 2 is 1.44 bits per heavy atom. The molecule has 2 fully saturated rings. The molecule has 0 spiro atoms. The highest BCUT2D eigenvalue weighted by molar-refractivity contribution is 7.47. The molecule has 1 aromatic carbocycles. The van der Waals surface area contributed by atoms with Crippen molar-refractivity contribution in [3.63, 3.8) is 0 Å². The van der Waals surface area contributed by atoms with Crippen LogP contribution in [0.25, 0.3) is 11.0 Å². The van der Waals surface area contributed by atoms with E-state index in [-0.39, 0.29) is 77.2 Å². The Morgan fingerprint density at radius 3 is 2.04 bits per heavy atom. The van der Waals surface area contributed by atoms with Gasteiger partial charge in [-0.1, -0.05) is 34.6 Å². The van der Waals surface area contributed by atoms with E-state index in [1.807, 2.05) is 66.7 Å². The minimum atomic E-state index is -5.07. The number of ether oxygens (including phenoxy) is 1. The number of phosphoric acid groups is 1. The number of carbonyl (C=O) groups excluding carboxylic acids is 6. The molecule has 28 heteroatoms. The Morgan fingerprint density at radius 1 is 0.822 bits per heavy atom. The van der Waals surface area contributed by atoms with Crippen molar-refractivity contribution in [1.82, 2.24) is 20.2 Å². The van der Waals surface area contributed by atoms with Gasteiger partial charge in [-0.05, 0) is 108 Å². The van der Waals surface area contributed by atoms with Crippen LogP contribution in [0.4, 0.5) is 0 Å². The minimum Gasteiger partial charge on any atom is -0.481 e. The molecule has 6 aliphatic heterocycles. The predicted octanol–water partition coefficient (Wildman–Crippen LogP) is 3.76. The third-order valence-corrected chi connectivity index (χ3v) is 21.7. The monoisotopic (exact) mass is 1270 g/mol. The number of nitrogens with one attached hydrogen (secondary N) is 2. The van der Waals surface area contributed by atoms with Crippen LogP contribution in [-0.2, 0) is 51.9 Å². The number of aromatic nitrogens is 2. The summed E-state index contributed by atoms with van der Waals surface area (Å²) < 4.78 is 32.2. The molecule has 7 heterocycles. The largest absolute Gasteiger partial charge is 0.481 e. The lowest BCUT2D eigenvalue weighted by atomic mass is 9.55. The molecule has 2 saturated heterocycles. The van der Waals surface area contributed by atoms with E-state index >= 15 is 0 Å². The number of allylic oxidation sites excluding steroid dienone is 6. The number of nitrogens with zero attached hydrogens (tertiary/aromatic N) is 5. The fourth-order valence-corrected chi connectivity index (χ4v) is 16.6. The molecule has 27 nitrogen and oxygen atoms in total. The maximum atomic E-state index is 14.4. The van der Waals surface area contributed by atoms with Gasteiger partial charge < -0.3 is 68.8 Å². The molecular weight excluding hydrogens is 1180 g/mol. The van der Waals surface area contributed by atoms with Crippen LogP contribution in [0.3, 0.4) is 0 Å². The van der Waals surface area contributed by atoms with Gasteiger partial charge in [0, 0.05) is 131 Å². The number of aliphatic hydroxyl groups is 2. The van der Waals surface area contributed by atoms with Crippen LogP contribution < -0.4 is 39.3 Å². The molecule has 90 heavy (non-hydrogen) atoms. The average molecular weight is 1270 g/mol. The number of imidazole rings is 1. The number of amides is 6. The summed E-state index contributed by atoms with van der Waals surface area (Å²) in [6, 6.07) is 2.66. The first-order valence-corrected chi connectivity index (χ1v) is 32.0. The molecule has 6 amide bonds. The van der Waals surface area contributed by atoms with E-state index in [9.17, 15) is 58.3 Å². The number of aliphatic imine (C=N–C) groups is 3. The van der Waals surface area contributed by atoms with Crippen LogP contribution in [0.2, 0.25) is 0 Å². The molecule has 0 radical (unpaired) electrons. The lowest BCUT2D eigenvalue weighted by Crippen LogP contribution is -2.56. The van der Waals surface area contributed by atoms with Gasteiger partial charge in [0.25, 0.3) is 0 Å². The zero-order valence-corrected chi connectivity index (χ0v) is 54.0. The van der Waals surface area contributed by atoms with E-state index in [1.54, 1.807) is 25.3 Å². The number of aryl methyl sites for hydroxylation is 2. The second-order valence-electron chi connectivity index (χ2n) is 27.0. The highest BCUT2D eigenvalue weighted by Gasteiger charge is 2.66. The van der Waals surface area contributed by atoms with Crippen LogP contribution >= 0.6 is 7.82 Å². The predicted molar refractivity (Wildman–Crippen MR) is 332 cm³/mol. The fourth-order valence-electron chi connectivity index (χ4n) is 15.4. The van der Waals surface area contributed by atoms with Gasteiger partial charge in [0.2, 0.25) is 35.4 Å². The standard InChI is InChI=1S/C62H89N12O15P/c1-29-20-39-40(21-30(29)2)74(28-69-39)57-52(84)53(41(27-75)87-57)89-90(85,86)88-31(3)26-68-48(81)18-19-59(8)37(22-45(65)78)56-62(11)61(10,25-47(67)80)36(14-17-49(82)83)51(73-62)33(5)55-60(9,24-46(66)79)34(12-15-43(63)76)38(70-55)23-42-58(6,7)35(13-16-44(64)77)50(71-42)32(4)54(59)72-56/h20-21,23,28,31,34-37,41,52-53,56-57,70,75,84H,12-19,22,24-27H2,1-11H3,(H2,63,76)(H2,64,77)(H2,65,78)(H2,66,79)(H2,67,80)(H,68,81)(H,82,83)(H,85,86)/b38-23-,50-32-,55-33-/t31-,34-,35-,36-,37+,41-,52-,53-,56-,57+,59-,60+,61+,62+/m1/s1. The quantitative estimate of drug-likeness (QED) is 0.0597. The first-order valence-electron chi connectivity index (χ1n) is 30.5. The topological polar surface area (TPSA) is 454 Å². The van der Waals surface area contributed by atoms with E-state index in [4.69, 9.17) is 57.4 Å². The third kappa shape index (κ3) is 13.0. The number of carbonyl (C=O) groups is 7. The van der Waals surface area contributed by atoms with Crippen molar-refractivity contribution >= 4 is 77.4 Å². The Balaban J connectivity index is 1.19. The van der Waals surface area contributed by atoms with Crippen LogP contribution in [0.15, 0.2) is 67.8 Å². The third-order valence-electron chi connectivity index (χ3n) is 20.6. The first-order chi connectivity index (χ1) is 41.8. The number of rotatable bonds is 26. The van der Waals surface area contributed by atoms with Crippen molar-refractivity contribution in [3.8, 4) is 0 Å². The number of phosphoric ester groups is 1. The number of nitrogens with two attached hydrogens (primary N) is 5. The zero-order chi connectivity index (χ0) is 66.7. The smallest absolute Gasteiger partial charge is 0.472 e. The van der Waals surface area contributed by atoms with Crippen molar-refractivity contribution in [1.29, 1.82) is 0 Å². The first kappa shape index (κ1) is 68.9. The van der Waals surface area contributed by atoms with Crippen molar-refractivity contribution in [2.45, 2.75) is 189 Å². The van der Waals surface area contributed by atoms with Crippen LogP contribution in [0.1, 0.15) is 150 Å². The highest BCUT2D eigenvalue weighted by Crippen LogP contribution is 2.63. The molecule has 492 valence electrons. The van der Waals surface area contributed by atoms with Crippen molar-refractivity contribution in [2.75, 3.05) is 13.2 Å². The Hall–Kier alpha value is -7.00. The number of carboxylic acids is 1. The highest BCUT2D eigenvalue weighted by atomic mass is 31.2. The second-order valence-corrected chi connectivity index (χ2v) is 28.4. The summed E-state index contributed by atoms with van der Waals surface area (Å²) in [6.07, 6.45) is -4.81. The van der Waals surface area contributed by atoms with E-state index in [0.29, 0.717) is 56.4 Å². The SMILES string of the molecule is C/C1=C2N=C(/C=C3\N/C(=C(/C)C4=N[C@@](C)([C@@H]5N=C1[C@](C)(CCC(=O)NC[C@@H](C)OP(=O)(O)O[C@H]1[C@@H](O)[C@@H](n6cnc7cc(C)c(C)cc76)O[C@@H]1CO)[C@H]5CC(N)=O)[C@@](C)(CC(N)=O)[C@@H]4CCC(=O)O)[C@@](C)(CC(N)=O)[C@@H]3CCC(N)=O)C(C)(C)[C@@H]/2CCC(N)=O. The Bertz CT molecular complexity index is 3540. The number of primary amides is 5. The van der Waals surface area contributed by atoms with Gasteiger partial charge in [0.05, 0.1) is 41.7 Å². The summed E-state index contributed by atoms with van der Waals surface area (Å²) in [7, 11) is -5.07. The van der Waals surface area contributed by atoms with Crippen molar-refractivity contribution < 1.29 is 72.1 Å². The van der Waals surface area contributed by atoms with Gasteiger partial charge in [-0.2, -0.15) is 0 Å². The van der Waals surface area contributed by atoms with Crippen LogP contribution in [0.5, 0.6) is 0 Å². The average Bonchev–Trinajstić information content (AvgIpc) is 1.53. The van der Waals surface area contributed by atoms with Gasteiger partial charge in [-0.3, -0.25) is 57.6 Å². The molecule has 6 aliphatic rings. The molecular formula is C62H89N12O15P. The molecule has 0 saturated carbocycles. The number of hydrogen-bond acceptors (Lipinski definition) is 18. The molecule has 2 aromatic rings. The fraction of sp³-hybridized carbons (Fsp3) is 0.629. The summed E-state index contributed by atoms with van der Waals surface area (Å²) in [5, 5.41) is 38.5. The number of aliphatic hydroxyl groups excluding tert-OH is 2. The van der Waals surface area contributed by atoms with Gasteiger partial charge in [-0.25, -0.2) is 9.55 Å². The molecule has 1 unspecified atom stereocenters. The van der Waals surface area contributed by atoms with E-state index in [0.717, 1.165) is 11.1 Å². The molecule has 16 N–H and O–H groups in total. The molecule has 1 aromatic heterocycles. The Labute approximate surface area is 522 Å². The summed E-state index contributed by atoms with van der Waals surface area (Å²) in [4.78, 5) is 125. The number of benzene rings is 1. The van der Waals surface area contributed by atoms with Gasteiger partial charge in [-0.15, -0.1) is 0 Å². The number of fused-ring (bicyclic) bond motifs is 7. The minimum absolute atomic E-state index is 0.0279. The van der Waals surface area contributed by atoms with Crippen molar-refractivity contribution in [3.05, 3.63) is 63.9 Å². The maximum absolute atomic E-state index is 14.4. The van der Waals surface area contributed by atoms with E-state index in [2.05, 4.69) is 15.6 Å². The van der Waals surface area contributed by atoms with Crippen LogP contribution in [0, 0.1) is 59.2 Å². The number of carboxylic acid groups (broad SMARTS) is 1. The number of hydrogen-bond donors (Lipinski definition) is 11. The van der Waals surface area contributed by atoms with Crippen molar-refractivity contribution in [2.24, 2.45) is 89.0 Å². The second kappa shape index (κ2) is 25.6. The van der Waals surface area contributed by atoms with E-state index in [1.165, 1.54) is 13.3 Å². The molecule has 8 bridgehead atoms. The lowest BCUT2D eigenvalue weighted by molar-refractivity contribution is -0.137. The van der Waals surface area contributed by atoms with Gasteiger partial charge in [0.15, 0.2) is 6.23 Å². The summed E-state index contributed by atoms with van der Waals surface area (Å²) in [5.74, 6) is -7.91. The molecule has 8 rings (SSSR count). The van der Waals surface area contributed by atoms with Gasteiger partial charge >= 0.3 is 13.8 Å². The number of aliphatic carboxylic acids is 1. The lowest BCUT2D eigenvalue weighted by Gasteiger charge is -2.48. The Kier molecular flexibility index (Phi) is 19.6. The maximum Gasteiger partial charge on any atom is 0.472 e. The molecule has 15 atom stereocenters. The molecule has 0 aliphatic carbocycles. The zero-order valence-electron chi connectivity index (χ0n) is 53.1. The normalized spacial score (nSPS) is 34.2. The van der Waals surface area contributed by atoms with E-state index < -0.39 is 143 Å². The summed E-state index contributed by atoms with van der Waals surface area (Å²) in [6.45, 7) is 19.1. The summed E-state index contributed by atoms with van der Waals surface area (Å²) >= 11 is 0. The summed E-state index contributed by atoms with van der Waals surface area (Å²) in [5.41, 5.74) is 31.0.